The van der Waals surface area contributed by atoms with Gasteiger partial charge in [0.15, 0.2) is 0 Å². The third-order valence-corrected chi connectivity index (χ3v) is 3.88. The van der Waals surface area contributed by atoms with Gasteiger partial charge in [-0.1, -0.05) is 11.6 Å². The van der Waals surface area contributed by atoms with E-state index in [1.54, 1.807) is 39.1 Å². The van der Waals surface area contributed by atoms with Gasteiger partial charge in [-0.2, -0.15) is 0 Å². The molecule has 0 heterocycles. The van der Waals surface area contributed by atoms with Crippen LogP contribution < -0.4 is 10.6 Å². The van der Waals surface area contributed by atoms with Crippen LogP contribution in [-0.2, 0) is 4.79 Å². The van der Waals surface area contributed by atoms with Crippen LogP contribution in [0.5, 0.6) is 0 Å². The van der Waals surface area contributed by atoms with E-state index in [-0.39, 0.29) is 18.4 Å². The Hall–Kier alpha value is -0.820. The Kier molecular flexibility index (Phi) is 5.61. The van der Waals surface area contributed by atoms with Crippen LogP contribution in [0.15, 0.2) is 18.2 Å². The van der Waals surface area contributed by atoms with E-state index in [1.807, 2.05) is 0 Å². The Bertz CT molecular complexity index is 503. The highest BCUT2D eigenvalue weighted by atomic mass is 127. The zero-order valence-electron chi connectivity index (χ0n) is 11.0. The molecule has 2 amide bonds. The molecule has 19 heavy (non-hydrogen) atoms. The van der Waals surface area contributed by atoms with Crippen LogP contribution >= 0.6 is 34.2 Å². The molecule has 0 saturated heterocycles. The van der Waals surface area contributed by atoms with Crippen LogP contribution in [0, 0.1) is 8.99 Å². The fraction of sp³-hybridized carbons (Fsp3) is 0.385. The number of hydrogen-bond donors (Lipinski definition) is 2. The number of carbonyl (C=O) groups is 2. The molecule has 0 aliphatic heterocycles. The van der Waals surface area contributed by atoms with E-state index in [0.29, 0.717) is 10.6 Å². The van der Waals surface area contributed by atoms with Crippen molar-refractivity contribution in [2.45, 2.75) is 13.8 Å². The number of rotatable bonds is 4. The average Bonchev–Trinajstić information content (AvgIpc) is 2.37. The molecule has 0 aliphatic rings. The fourth-order valence-corrected chi connectivity index (χ4v) is 2.24. The third-order valence-electron chi connectivity index (χ3n) is 2.71. The lowest BCUT2D eigenvalue weighted by atomic mass is 9.92. The molecule has 0 bridgehead atoms. The second-order valence-electron chi connectivity index (χ2n) is 4.77. The topological polar surface area (TPSA) is 58.2 Å². The lowest BCUT2D eigenvalue weighted by Crippen LogP contribution is -2.43. The lowest BCUT2D eigenvalue weighted by Gasteiger charge is -2.23. The van der Waals surface area contributed by atoms with Crippen molar-refractivity contribution in [3.05, 3.63) is 32.4 Å². The first-order valence-corrected chi connectivity index (χ1v) is 7.19. The van der Waals surface area contributed by atoms with Crippen molar-refractivity contribution >= 4 is 46.0 Å². The summed E-state index contributed by atoms with van der Waals surface area (Å²) in [6.07, 6.45) is 0. The number of hydrogen-bond acceptors (Lipinski definition) is 2. The van der Waals surface area contributed by atoms with E-state index < -0.39 is 5.41 Å². The minimum absolute atomic E-state index is 0.117. The van der Waals surface area contributed by atoms with Gasteiger partial charge < -0.3 is 10.6 Å². The predicted octanol–water partition coefficient (Wildman–Crippen LogP) is 2.45. The van der Waals surface area contributed by atoms with Gasteiger partial charge in [0.2, 0.25) is 5.91 Å². The molecule has 4 nitrogen and oxygen atoms in total. The Morgan fingerprint density at radius 2 is 2.00 bits per heavy atom. The molecule has 0 fully saturated rings. The van der Waals surface area contributed by atoms with Gasteiger partial charge in [-0.25, -0.2) is 0 Å². The Morgan fingerprint density at radius 1 is 1.37 bits per heavy atom. The predicted molar refractivity (Wildman–Crippen MR) is 84.3 cm³/mol. The maximum Gasteiger partial charge on any atom is 0.252 e. The van der Waals surface area contributed by atoms with Gasteiger partial charge in [0, 0.05) is 22.2 Å². The molecule has 104 valence electrons. The normalized spacial score (nSPS) is 11.0. The van der Waals surface area contributed by atoms with Crippen LogP contribution in [0.2, 0.25) is 5.02 Å². The maximum atomic E-state index is 12.1. The monoisotopic (exact) mass is 394 g/mol. The standard InChI is InChI=1S/C13H16ClIN2O2/c1-13(2,12(19)16-3)7-17-11(18)9-6-8(14)4-5-10(9)15/h4-6H,7H2,1-3H3,(H,16,19)(H,17,18). The average molecular weight is 395 g/mol. The smallest absolute Gasteiger partial charge is 0.252 e. The van der Waals surface area contributed by atoms with Crippen LogP contribution in [0.1, 0.15) is 24.2 Å². The SMILES string of the molecule is CNC(=O)C(C)(C)CNC(=O)c1cc(Cl)ccc1I. The molecular formula is C13H16ClIN2O2. The summed E-state index contributed by atoms with van der Waals surface area (Å²) in [7, 11) is 1.58. The molecule has 0 atom stereocenters. The lowest BCUT2D eigenvalue weighted by molar-refractivity contribution is -0.128. The second kappa shape index (κ2) is 6.56. The van der Waals surface area contributed by atoms with Crippen molar-refractivity contribution in [1.82, 2.24) is 10.6 Å². The van der Waals surface area contributed by atoms with Crippen LogP contribution in [-0.4, -0.2) is 25.4 Å². The first kappa shape index (κ1) is 16.2. The Labute approximate surface area is 131 Å². The minimum Gasteiger partial charge on any atom is -0.359 e. The van der Waals surface area contributed by atoms with E-state index in [0.717, 1.165) is 3.57 Å². The molecule has 6 heteroatoms. The van der Waals surface area contributed by atoms with Gasteiger partial charge in [0.05, 0.1) is 11.0 Å². The molecule has 1 rings (SSSR count). The van der Waals surface area contributed by atoms with Gasteiger partial charge in [-0.15, -0.1) is 0 Å². The van der Waals surface area contributed by atoms with E-state index in [2.05, 4.69) is 33.2 Å². The number of nitrogens with one attached hydrogen (secondary N) is 2. The quantitative estimate of drug-likeness (QED) is 0.771. The van der Waals surface area contributed by atoms with E-state index >= 15 is 0 Å². The third kappa shape index (κ3) is 4.35. The number of benzene rings is 1. The summed E-state index contributed by atoms with van der Waals surface area (Å²) < 4.78 is 0.817. The molecule has 0 aromatic heterocycles. The van der Waals surface area contributed by atoms with E-state index in [9.17, 15) is 9.59 Å². The summed E-state index contributed by atoms with van der Waals surface area (Å²) in [4.78, 5) is 23.7. The highest BCUT2D eigenvalue weighted by molar-refractivity contribution is 14.1. The van der Waals surface area contributed by atoms with Crippen LogP contribution in [0.3, 0.4) is 0 Å². The summed E-state index contributed by atoms with van der Waals surface area (Å²) in [5, 5.41) is 5.85. The largest absolute Gasteiger partial charge is 0.359 e. The molecule has 0 saturated carbocycles. The number of carbonyl (C=O) groups excluding carboxylic acids is 2. The van der Waals surface area contributed by atoms with Crippen molar-refractivity contribution in [2.75, 3.05) is 13.6 Å². The van der Waals surface area contributed by atoms with Crippen molar-refractivity contribution in [3.63, 3.8) is 0 Å². The fourth-order valence-electron chi connectivity index (χ4n) is 1.49. The zero-order valence-corrected chi connectivity index (χ0v) is 13.9. The number of halogens is 2. The molecule has 0 spiro atoms. The maximum absolute atomic E-state index is 12.1. The van der Waals surface area contributed by atoms with Gasteiger partial charge in [0.25, 0.3) is 5.91 Å². The summed E-state index contributed by atoms with van der Waals surface area (Å²) in [6, 6.07) is 5.13. The van der Waals surface area contributed by atoms with Crippen LogP contribution in [0.4, 0.5) is 0 Å². The summed E-state index contributed by atoms with van der Waals surface area (Å²) in [5.74, 6) is -0.350. The van der Waals surface area contributed by atoms with Crippen molar-refractivity contribution in [3.8, 4) is 0 Å². The summed E-state index contributed by atoms with van der Waals surface area (Å²) in [5.41, 5.74) is -0.144. The summed E-state index contributed by atoms with van der Waals surface area (Å²) >= 11 is 7.95. The van der Waals surface area contributed by atoms with Crippen LogP contribution in [0.25, 0.3) is 0 Å². The highest BCUT2D eigenvalue weighted by Crippen LogP contribution is 2.19. The van der Waals surface area contributed by atoms with Gasteiger partial charge in [0.1, 0.15) is 0 Å². The number of amides is 2. The molecular weight excluding hydrogens is 379 g/mol. The molecule has 1 aromatic rings. The van der Waals surface area contributed by atoms with Gasteiger partial charge >= 0.3 is 0 Å². The van der Waals surface area contributed by atoms with E-state index in [4.69, 9.17) is 11.6 Å². The van der Waals surface area contributed by atoms with E-state index in [1.165, 1.54) is 0 Å². The molecule has 0 radical (unpaired) electrons. The zero-order chi connectivity index (χ0) is 14.6. The van der Waals surface area contributed by atoms with Crippen molar-refractivity contribution in [1.29, 1.82) is 0 Å². The Balaban J connectivity index is 2.76. The minimum atomic E-state index is -0.658. The highest BCUT2D eigenvalue weighted by Gasteiger charge is 2.27. The van der Waals surface area contributed by atoms with Crippen molar-refractivity contribution < 1.29 is 9.59 Å². The Morgan fingerprint density at radius 3 is 2.58 bits per heavy atom. The second-order valence-corrected chi connectivity index (χ2v) is 6.37. The first-order valence-electron chi connectivity index (χ1n) is 5.73. The molecule has 0 unspecified atom stereocenters. The van der Waals surface area contributed by atoms with Gasteiger partial charge in [-0.05, 0) is 54.6 Å². The molecule has 0 aliphatic carbocycles. The molecule has 2 N–H and O–H groups in total. The summed E-state index contributed by atoms with van der Waals surface area (Å²) in [6.45, 7) is 3.80. The van der Waals surface area contributed by atoms with Crippen molar-refractivity contribution in [2.24, 2.45) is 5.41 Å². The molecule has 1 aromatic carbocycles. The van der Waals surface area contributed by atoms with Gasteiger partial charge in [-0.3, -0.25) is 9.59 Å². The first-order chi connectivity index (χ1) is 8.77.